The van der Waals surface area contributed by atoms with E-state index in [0.717, 1.165) is 0 Å². The van der Waals surface area contributed by atoms with Crippen molar-refractivity contribution >= 4 is 23.7 Å². The molecule has 10 nitrogen and oxygen atoms in total. The fraction of sp³-hybridized carbons (Fsp3) is 0.800. The Labute approximate surface area is 177 Å². The highest BCUT2D eigenvalue weighted by Gasteiger charge is 2.38. The fourth-order valence-electron chi connectivity index (χ4n) is 3.55. The molecule has 1 heterocycles. The molecule has 1 aliphatic heterocycles. The fourth-order valence-corrected chi connectivity index (χ4v) is 3.55. The number of nitrogens with zero attached hydrogens (tertiary/aromatic N) is 1. The Kier molecular flexibility index (Phi) is 10.2. The summed E-state index contributed by atoms with van der Waals surface area (Å²) in [5, 5.41) is 23.6. The third kappa shape index (κ3) is 7.56. The molecule has 10 heteroatoms. The molecule has 0 saturated carbocycles. The summed E-state index contributed by atoms with van der Waals surface area (Å²) >= 11 is 0. The van der Waals surface area contributed by atoms with Crippen LogP contribution in [0.15, 0.2) is 0 Å². The molecule has 0 bridgehead atoms. The second-order valence-corrected chi connectivity index (χ2v) is 8.70. The Balaban J connectivity index is 2.78. The minimum Gasteiger partial charge on any atom is -0.480 e. The third-order valence-corrected chi connectivity index (χ3v) is 5.02. The van der Waals surface area contributed by atoms with Gasteiger partial charge in [0, 0.05) is 6.54 Å². The van der Waals surface area contributed by atoms with Gasteiger partial charge in [-0.15, -0.1) is 0 Å². The van der Waals surface area contributed by atoms with Crippen LogP contribution >= 0.6 is 0 Å². The molecule has 0 spiro atoms. The lowest BCUT2D eigenvalue weighted by Gasteiger charge is -2.28. The molecule has 1 rings (SSSR count). The summed E-state index contributed by atoms with van der Waals surface area (Å²) < 4.78 is 0. The zero-order valence-electron chi connectivity index (χ0n) is 18.3. The van der Waals surface area contributed by atoms with Crippen molar-refractivity contribution in [2.45, 2.75) is 77.5 Å². The van der Waals surface area contributed by atoms with E-state index in [2.05, 4.69) is 10.6 Å². The summed E-state index contributed by atoms with van der Waals surface area (Å²) in [6.07, 6.45) is 1.77. The minimum atomic E-state index is -1.31. The van der Waals surface area contributed by atoms with Gasteiger partial charge in [0.15, 0.2) is 0 Å². The largest absolute Gasteiger partial charge is 0.480 e. The number of aliphatic carboxylic acids is 1. The number of carbonyl (C=O) groups is 4. The van der Waals surface area contributed by atoms with E-state index in [1.807, 2.05) is 27.7 Å². The molecule has 0 aliphatic carbocycles. The van der Waals surface area contributed by atoms with Gasteiger partial charge in [0.25, 0.3) is 0 Å². The van der Waals surface area contributed by atoms with E-state index < -0.39 is 48.6 Å². The highest BCUT2D eigenvalue weighted by atomic mass is 16.4. The van der Waals surface area contributed by atoms with Gasteiger partial charge in [0.2, 0.25) is 17.7 Å². The maximum absolute atomic E-state index is 12.7. The summed E-state index contributed by atoms with van der Waals surface area (Å²) in [6.45, 7) is 7.25. The van der Waals surface area contributed by atoms with Crippen molar-refractivity contribution < 1.29 is 29.4 Å². The number of carbonyl (C=O) groups excluding carboxylic acids is 3. The van der Waals surface area contributed by atoms with Crippen molar-refractivity contribution in [3.63, 3.8) is 0 Å². The smallest absolute Gasteiger partial charge is 0.326 e. The third-order valence-electron chi connectivity index (χ3n) is 5.02. The number of rotatable bonds is 11. The quantitative estimate of drug-likeness (QED) is 0.295. The Morgan fingerprint density at radius 1 is 1.03 bits per heavy atom. The van der Waals surface area contributed by atoms with Crippen LogP contribution in [0.1, 0.15) is 53.4 Å². The van der Waals surface area contributed by atoms with E-state index in [1.165, 1.54) is 4.90 Å². The first kappa shape index (κ1) is 25.8. The van der Waals surface area contributed by atoms with Crippen LogP contribution in [0.25, 0.3) is 0 Å². The first-order valence-corrected chi connectivity index (χ1v) is 10.5. The Morgan fingerprint density at radius 3 is 2.13 bits per heavy atom. The van der Waals surface area contributed by atoms with Gasteiger partial charge in [-0.05, 0) is 37.5 Å². The van der Waals surface area contributed by atoms with Gasteiger partial charge in [0.1, 0.15) is 18.1 Å². The van der Waals surface area contributed by atoms with Crippen LogP contribution in [-0.4, -0.2) is 76.1 Å². The van der Waals surface area contributed by atoms with Crippen LogP contribution in [-0.2, 0) is 19.2 Å². The lowest BCUT2D eigenvalue weighted by molar-refractivity contribution is -0.143. The van der Waals surface area contributed by atoms with E-state index in [0.29, 0.717) is 25.8 Å². The van der Waals surface area contributed by atoms with E-state index in [9.17, 15) is 29.4 Å². The molecule has 1 fully saturated rings. The number of hydrogen-bond donors (Lipinski definition) is 5. The predicted molar refractivity (Wildman–Crippen MR) is 110 cm³/mol. The molecule has 4 unspecified atom stereocenters. The van der Waals surface area contributed by atoms with E-state index in [-0.39, 0.29) is 24.2 Å². The van der Waals surface area contributed by atoms with E-state index in [4.69, 9.17) is 5.73 Å². The summed E-state index contributed by atoms with van der Waals surface area (Å²) in [5.41, 5.74) is 5.98. The predicted octanol–water partition coefficient (Wildman–Crippen LogP) is -0.557. The highest BCUT2D eigenvalue weighted by molar-refractivity contribution is 5.94. The van der Waals surface area contributed by atoms with Gasteiger partial charge in [-0.3, -0.25) is 14.4 Å². The van der Waals surface area contributed by atoms with Crippen LogP contribution in [0.3, 0.4) is 0 Å². The van der Waals surface area contributed by atoms with Crippen LogP contribution in [0, 0.1) is 11.8 Å². The average Bonchev–Trinajstić information content (AvgIpc) is 3.13. The number of hydrogen-bond acceptors (Lipinski definition) is 6. The molecule has 0 aromatic rings. The van der Waals surface area contributed by atoms with E-state index >= 15 is 0 Å². The summed E-state index contributed by atoms with van der Waals surface area (Å²) in [7, 11) is 0. The zero-order valence-corrected chi connectivity index (χ0v) is 18.3. The highest BCUT2D eigenvalue weighted by Crippen LogP contribution is 2.20. The van der Waals surface area contributed by atoms with Crippen molar-refractivity contribution in [2.75, 3.05) is 13.2 Å². The van der Waals surface area contributed by atoms with Gasteiger partial charge in [0.05, 0.1) is 12.6 Å². The number of amides is 3. The number of carboxylic acid groups (broad SMARTS) is 1. The first-order chi connectivity index (χ1) is 14.0. The molecule has 3 amide bonds. The number of aliphatic hydroxyl groups is 1. The molecule has 6 N–H and O–H groups in total. The number of likely N-dealkylation sites (tertiary alicyclic amines) is 1. The number of nitrogens with one attached hydrogen (secondary N) is 2. The second-order valence-electron chi connectivity index (χ2n) is 8.70. The lowest BCUT2D eigenvalue weighted by Crippen LogP contribution is -2.57. The molecular weight excluding hydrogens is 392 g/mol. The minimum absolute atomic E-state index is 0.0293. The molecule has 0 radical (unpaired) electrons. The molecular formula is C20H36N4O6. The maximum atomic E-state index is 12.7. The topological polar surface area (TPSA) is 162 Å². The van der Waals surface area contributed by atoms with Crippen molar-refractivity contribution in [1.29, 1.82) is 0 Å². The van der Waals surface area contributed by atoms with Gasteiger partial charge >= 0.3 is 5.97 Å². The maximum Gasteiger partial charge on any atom is 0.326 e. The lowest BCUT2D eigenvalue weighted by atomic mass is 10.0. The van der Waals surface area contributed by atoms with Crippen molar-refractivity contribution in [3.8, 4) is 0 Å². The Bertz CT molecular complexity index is 624. The van der Waals surface area contributed by atoms with Crippen LogP contribution in [0.2, 0.25) is 0 Å². The molecule has 0 aromatic carbocycles. The van der Waals surface area contributed by atoms with Crippen molar-refractivity contribution in [2.24, 2.45) is 17.6 Å². The number of carboxylic acids is 1. The van der Waals surface area contributed by atoms with Crippen LogP contribution in [0.4, 0.5) is 0 Å². The summed E-state index contributed by atoms with van der Waals surface area (Å²) in [5.74, 6) is -2.59. The molecule has 0 aromatic heterocycles. The molecule has 30 heavy (non-hydrogen) atoms. The zero-order chi connectivity index (χ0) is 23.0. The van der Waals surface area contributed by atoms with Crippen LogP contribution < -0.4 is 16.4 Å². The normalized spacial score (nSPS) is 19.5. The molecule has 1 aliphatic rings. The van der Waals surface area contributed by atoms with Gasteiger partial charge in [-0.25, -0.2) is 4.79 Å². The SMILES string of the molecule is CC(C)CC(N)C(=O)N1CCCC1C(=O)NC(CO)C(=O)NC(CC(C)C)C(=O)O. The van der Waals surface area contributed by atoms with Gasteiger partial charge in [-0.1, -0.05) is 27.7 Å². The Hall–Kier alpha value is -2.20. The average molecular weight is 429 g/mol. The van der Waals surface area contributed by atoms with Crippen molar-refractivity contribution in [3.05, 3.63) is 0 Å². The monoisotopic (exact) mass is 428 g/mol. The first-order valence-electron chi connectivity index (χ1n) is 10.5. The number of nitrogens with two attached hydrogens (primary N) is 1. The summed E-state index contributed by atoms with van der Waals surface area (Å²) in [6, 6.07) is -3.92. The second kappa shape index (κ2) is 11.8. The van der Waals surface area contributed by atoms with Crippen molar-refractivity contribution in [1.82, 2.24) is 15.5 Å². The van der Waals surface area contributed by atoms with Gasteiger partial charge < -0.3 is 31.5 Å². The van der Waals surface area contributed by atoms with Crippen LogP contribution in [0.5, 0.6) is 0 Å². The summed E-state index contributed by atoms with van der Waals surface area (Å²) in [4.78, 5) is 50.5. The Morgan fingerprint density at radius 2 is 1.63 bits per heavy atom. The molecule has 4 atom stereocenters. The molecule has 1 saturated heterocycles. The van der Waals surface area contributed by atoms with Gasteiger partial charge in [-0.2, -0.15) is 0 Å². The number of aliphatic hydroxyl groups excluding tert-OH is 1. The molecule has 172 valence electrons. The standard InChI is InChI=1S/C20H36N4O6/c1-11(2)8-13(21)19(28)24-7-5-6-16(24)18(27)23-15(10-25)17(26)22-14(20(29)30)9-12(3)4/h11-16,25H,5-10,21H2,1-4H3,(H,22,26)(H,23,27)(H,29,30). The van der Waals surface area contributed by atoms with E-state index in [1.54, 1.807) is 0 Å².